The standard InChI is InChI=1S/C21H21FN2O6/c22-15-3-1-2-4-16(15)24-21(28)23-11-5-6-17-13(7-11)14-8-12(9-19(26)27)29-18(10-25)20(14)30-17/h1-7,12,14,18,20,25H,8-10H2,(H,26,27)(H2,23,24,28)/t12-,14-,18+,20+/m0/s1. The van der Waals surface area contributed by atoms with E-state index in [-0.39, 0.29) is 24.6 Å². The van der Waals surface area contributed by atoms with Crippen LogP contribution in [-0.4, -0.2) is 47.1 Å². The molecule has 2 aliphatic rings. The van der Waals surface area contributed by atoms with Crippen molar-refractivity contribution in [2.45, 2.75) is 37.1 Å². The first-order valence-corrected chi connectivity index (χ1v) is 9.56. The summed E-state index contributed by atoms with van der Waals surface area (Å²) in [7, 11) is 0. The first-order valence-electron chi connectivity index (χ1n) is 9.56. The normalized spacial score (nSPS) is 24.3. The average Bonchev–Trinajstić information content (AvgIpc) is 3.06. The second-order valence-corrected chi connectivity index (χ2v) is 7.31. The summed E-state index contributed by atoms with van der Waals surface area (Å²) in [6, 6.07) is 10.3. The highest BCUT2D eigenvalue weighted by Gasteiger charge is 2.46. The molecule has 4 atom stereocenters. The summed E-state index contributed by atoms with van der Waals surface area (Å²) >= 11 is 0. The zero-order valence-corrected chi connectivity index (χ0v) is 15.9. The molecule has 0 aliphatic carbocycles. The third-order valence-electron chi connectivity index (χ3n) is 5.28. The zero-order chi connectivity index (χ0) is 21.3. The number of halogens is 1. The number of urea groups is 1. The molecule has 0 radical (unpaired) electrons. The average molecular weight is 416 g/mol. The van der Waals surface area contributed by atoms with Crippen molar-refractivity contribution in [1.82, 2.24) is 0 Å². The Balaban J connectivity index is 1.50. The van der Waals surface area contributed by atoms with Crippen LogP contribution in [0.1, 0.15) is 24.3 Å². The number of nitrogens with one attached hydrogen (secondary N) is 2. The lowest BCUT2D eigenvalue weighted by Gasteiger charge is -2.36. The highest BCUT2D eigenvalue weighted by atomic mass is 19.1. The molecule has 1 saturated heterocycles. The van der Waals surface area contributed by atoms with Gasteiger partial charge in [-0.05, 0) is 36.8 Å². The molecule has 4 N–H and O–H groups in total. The number of hydrogen-bond donors (Lipinski definition) is 4. The largest absolute Gasteiger partial charge is 0.487 e. The third kappa shape index (κ3) is 4.07. The van der Waals surface area contributed by atoms with Gasteiger partial charge in [0, 0.05) is 17.2 Å². The molecule has 0 aromatic heterocycles. The highest BCUT2D eigenvalue weighted by molar-refractivity contribution is 5.99. The number of anilines is 2. The molecule has 2 aromatic carbocycles. The van der Waals surface area contributed by atoms with Gasteiger partial charge in [0.2, 0.25) is 0 Å². The summed E-state index contributed by atoms with van der Waals surface area (Å²) in [5.74, 6) is -1.09. The Bertz CT molecular complexity index is 968. The van der Waals surface area contributed by atoms with Gasteiger partial charge in [0.15, 0.2) is 0 Å². The molecule has 0 saturated carbocycles. The number of amides is 2. The van der Waals surface area contributed by atoms with Crippen LogP contribution in [0.3, 0.4) is 0 Å². The van der Waals surface area contributed by atoms with E-state index in [9.17, 15) is 19.1 Å². The highest BCUT2D eigenvalue weighted by Crippen LogP contribution is 2.47. The van der Waals surface area contributed by atoms with E-state index in [1.54, 1.807) is 24.3 Å². The van der Waals surface area contributed by atoms with Crippen molar-refractivity contribution in [2.75, 3.05) is 17.2 Å². The van der Waals surface area contributed by atoms with Gasteiger partial charge >= 0.3 is 12.0 Å². The summed E-state index contributed by atoms with van der Waals surface area (Å²) in [6.07, 6.45) is -1.36. The number of benzene rings is 2. The predicted octanol–water partition coefficient (Wildman–Crippen LogP) is 2.94. The smallest absolute Gasteiger partial charge is 0.323 e. The molecule has 1 fully saturated rings. The van der Waals surface area contributed by atoms with Gasteiger partial charge in [0.1, 0.15) is 23.8 Å². The quantitative estimate of drug-likeness (QED) is 0.595. The molecule has 8 nitrogen and oxygen atoms in total. The van der Waals surface area contributed by atoms with Crippen LogP contribution >= 0.6 is 0 Å². The van der Waals surface area contributed by atoms with Gasteiger partial charge in [-0.25, -0.2) is 9.18 Å². The molecule has 0 spiro atoms. The van der Waals surface area contributed by atoms with Crippen LogP contribution in [0.5, 0.6) is 5.75 Å². The van der Waals surface area contributed by atoms with Crippen LogP contribution in [0.4, 0.5) is 20.6 Å². The van der Waals surface area contributed by atoms with E-state index in [4.69, 9.17) is 14.6 Å². The van der Waals surface area contributed by atoms with Crippen LogP contribution in [0.2, 0.25) is 0 Å². The summed E-state index contributed by atoms with van der Waals surface area (Å²) in [4.78, 5) is 23.3. The maximum absolute atomic E-state index is 13.7. The predicted molar refractivity (Wildman–Crippen MR) is 105 cm³/mol. The molecule has 0 bridgehead atoms. The van der Waals surface area contributed by atoms with Crippen LogP contribution < -0.4 is 15.4 Å². The first-order chi connectivity index (χ1) is 14.4. The molecule has 2 aliphatic heterocycles. The fourth-order valence-electron chi connectivity index (χ4n) is 4.01. The third-order valence-corrected chi connectivity index (χ3v) is 5.28. The van der Waals surface area contributed by atoms with E-state index >= 15 is 0 Å². The second kappa shape index (κ2) is 8.29. The van der Waals surface area contributed by atoms with Crippen molar-refractivity contribution in [3.8, 4) is 5.75 Å². The van der Waals surface area contributed by atoms with Gasteiger partial charge in [0.25, 0.3) is 0 Å². The van der Waals surface area contributed by atoms with E-state index in [2.05, 4.69) is 10.6 Å². The maximum atomic E-state index is 13.7. The van der Waals surface area contributed by atoms with E-state index in [0.717, 1.165) is 5.56 Å². The molecule has 158 valence electrons. The lowest BCUT2D eigenvalue weighted by Crippen LogP contribution is -2.46. The van der Waals surface area contributed by atoms with Crippen LogP contribution in [-0.2, 0) is 9.53 Å². The van der Waals surface area contributed by atoms with Crippen molar-refractivity contribution >= 4 is 23.4 Å². The number of aliphatic hydroxyl groups is 1. The molecule has 2 heterocycles. The van der Waals surface area contributed by atoms with Crippen molar-refractivity contribution in [1.29, 1.82) is 0 Å². The van der Waals surface area contributed by atoms with Gasteiger partial charge in [-0.15, -0.1) is 0 Å². The van der Waals surface area contributed by atoms with Gasteiger partial charge < -0.3 is 30.3 Å². The Morgan fingerprint density at radius 2 is 1.97 bits per heavy atom. The molecular formula is C21H21FN2O6. The molecule has 30 heavy (non-hydrogen) atoms. The number of carbonyl (C=O) groups is 2. The number of aliphatic hydroxyl groups excluding tert-OH is 1. The number of para-hydroxylation sites is 1. The van der Waals surface area contributed by atoms with Gasteiger partial charge in [0.05, 0.1) is 24.8 Å². The fourth-order valence-corrected chi connectivity index (χ4v) is 4.01. The summed E-state index contributed by atoms with van der Waals surface area (Å²) in [6.45, 7) is -0.290. The van der Waals surface area contributed by atoms with Crippen molar-refractivity contribution in [3.63, 3.8) is 0 Å². The Labute approximate surface area is 171 Å². The minimum Gasteiger partial charge on any atom is -0.487 e. The van der Waals surface area contributed by atoms with Gasteiger partial charge in [-0.3, -0.25) is 4.79 Å². The van der Waals surface area contributed by atoms with E-state index in [0.29, 0.717) is 17.9 Å². The van der Waals surface area contributed by atoms with Gasteiger partial charge in [-0.2, -0.15) is 0 Å². The number of carbonyl (C=O) groups excluding carboxylic acids is 1. The SMILES string of the molecule is O=C(O)C[C@@H]1C[C@H]2c3cc(NC(=O)Nc4ccccc4F)ccc3O[C@H]2[C@@H](CO)O1. The monoisotopic (exact) mass is 416 g/mol. The van der Waals surface area contributed by atoms with Crippen LogP contribution in [0.25, 0.3) is 0 Å². The number of carboxylic acids is 1. The van der Waals surface area contributed by atoms with Crippen molar-refractivity contribution in [3.05, 3.63) is 53.8 Å². The molecular weight excluding hydrogens is 395 g/mol. The van der Waals surface area contributed by atoms with E-state index in [1.165, 1.54) is 18.2 Å². The summed E-state index contributed by atoms with van der Waals surface area (Å²) < 4.78 is 25.3. The summed E-state index contributed by atoms with van der Waals surface area (Å²) in [5, 5.41) is 23.9. The second-order valence-electron chi connectivity index (χ2n) is 7.31. The minimum absolute atomic E-state index is 0.0614. The van der Waals surface area contributed by atoms with E-state index < -0.39 is 36.1 Å². The minimum atomic E-state index is -0.977. The maximum Gasteiger partial charge on any atom is 0.323 e. The number of rotatable bonds is 5. The Kier molecular flexibility index (Phi) is 5.56. The Morgan fingerprint density at radius 1 is 1.17 bits per heavy atom. The van der Waals surface area contributed by atoms with Crippen molar-refractivity contribution in [2.24, 2.45) is 0 Å². The van der Waals surface area contributed by atoms with E-state index in [1.807, 2.05) is 0 Å². The molecule has 2 amide bonds. The molecule has 2 aromatic rings. The molecule has 0 unspecified atom stereocenters. The number of aliphatic carboxylic acids is 1. The Morgan fingerprint density at radius 3 is 2.70 bits per heavy atom. The number of carboxylic acid groups (broad SMARTS) is 1. The Hall–Kier alpha value is -3.17. The lowest BCUT2D eigenvalue weighted by atomic mass is 9.84. The van der Waals surface area contributed by atoms with Gasteiger partial charge in [-0.1, -0.05) is 12.1 Å². The fraction of sp³-hybridized carbons (Fsp3) is 0.333. The van der Waals surface area contributed by atoms with Crippen LogP contribution in [0, 0.1) is 5.82 Å². The van der Waals surface area contributed by atoms with Crippen LogP contribution in [0.15, 0.2) is 42.5 Å². The lowest BCUT2D eigenvalue weighted by molar-refractivity contribution is -0.153. The van der Waals surface area contributed by atoms with Crippen molar-refractivity contribution < 1.29 is 33.7 Å². The topological polar surface area (TPSA) is 117 Å². The zero-order valence-electron chi connectivity index (χ0n) is 15.9. The molecule has 9 heteroatoms. The number of ether oxygens (including phenoxy) is 2. The number of fused-ring (bicyclic) bond motifs is 3. The molecule has 4 rings (SSSR count). The summed E-state index contributed by atoms with van der Waals surface area (Å²) in [5.41, 5.74) is 1.35. The number of hydrogen-bond acceptors (Lipinski definition) is 5. The first kappa shape index (κ1) is 20.1.